The molecular weight excluding hydrogens is 162 g/mol. The number of rotatable bonds is 7. The molecule has 0 bridgehead atoms. The predicted octanol–water partition coefficient (Wildman–Crippen LogP) is 2.21. The fourth-order valence-electron chi connectivity index (χ4n) is 0.842. The van der Waals surface area contributed by atoms with Gasteiger partial charge < -0.3 is 10.1 Å². The highest BCUT2D eigenvalue weighted by Crippen LogP contribution is 1.98. The fraction of sp³-hybridized carbons (Fsp3) is 0.818. The van der Waals surface area contributed by atoms with Gasteiger partial charge >= 0.3 is 0 Å². The second-order valence-corrected chi connectivity index (χ2v) is 3.63. The van der Waals surface area contributed by atoms with E-state index in [2.05, 4.69) is 26.1 Å². The molecule has 0 amide bonds. The van der Waals surface area contributed by atoms with Gasteiger partial charge in [0.05, 0.1) is 13.2 Å². The van der Waals surface area contributed by atoms with E-state index in [1.165, 1.54) is 0 Å². The van der Waals surface area contributed by atoms with E-state index in [0.29, 0.717) is 12.0 Å². The molecule has 1 N–H and O–H groups in total. The molecule has 0 saturated heterocycles. The molecule has 0 radical (unpaired) electrons. The molecule has 2 nitrogen and oxygen atoms in total. The Morgan fingerprint density at radius 2 is 2.00 bits per heavy atom. The van der Waals surface area contributed by atoms with Crippen molar-refractivity contribution in [2.24, 2.45) is 5.92 Å². The Morgan fingerprint density at radius 1 is 1.31 bits per heavy atom. The van der Waals surface area contributed by atoms with Crippen molar-refractivity contribution < 1.29 is 4.74 Å². The van der Waals surface area contributed by atoms with Gasteiger partial charge in [-0.05, 0) is 19.8 Å². The third kappa shape index (κ3) is 8.00. The Kier molecular flexibility index (Phi) is 8.05. The molecule has 1 atom stereocenters. The summed E-state index contributed by atoms with van der Waals surface area (Å²) < 4.78 is 5.35. The van der Waals surface area contributed by atoms with Gasteiger partial charge in [0.15, 0.2) is 0 Å². The lowest BCUT2D eigenvalue weighted by Crippen LogP contribution is -2.33. The zero-order valence-corrected chi connectivity index (χ0v) is 9.34. The van der Waals surface area contributed by atoms with Crippen LogP contribution in [0.1, 0.15) is 27.7 Å². The number of hydrogen-bond acceptors (Lipinski definition) is 2. The molecule has 0 aliphatic heterocycles. The van der Waals surface area contributed by atoms with Gasteiger partial charge in [0, 0.05) is 12.6 Å². The molecule has 13 heavy (non-hydrogen) atoms. The van der Waals surface area contributed by atoms with Crippen LogP contribution in [-0.2, 0) is 4.74 Å². The van der Waals surface area contributed by atoms with Crippen LogP contribution in [0, 0.1) is 5.92 Å². The summed E-state index contributed by atoms with van der Waals surface area (Å²) in [6.45, 7) is 11.1. The Bertz CT molecular complexity index is 132. The topological polar surface area (TPSA) is 21.3 Å². The third-order valence-corrected chi connectivity index (χ3v) is 2.16. The van der Waals surface area contributed by atoms with Crippen molar-refractivity contribution in [1.82, 2.24) is 5.32 Å². The number of ether oxygens (including phenoxy) is 1. The molecule has 2 heteroatoms. The van der Waals surface area contributed by atoms with E-state index in [1.54, 1.807) is 0 Å². The molecule has 0 aromatic heterocycles. The SMILES string of the molecule is CC=CCOCCNC(C)C(C)C. The minimum Gasteiger partial charge on any atom is -0.376 e. The van der Waals surface area contributed by atoms with Crippen LogP contribution in [0.15, 0.2) is 12.2 Å². The summed E-state index contributed by atoms with van der Waals surface area (Å²) in [5.41, 5.74) is 0. The maximum absolute atomic E-state index is 5.35. The fourth-order valence-corrected chi connectivity index (χ4v) is 0.842. The van der Waals surface area contributed by atoms with E-state index < -0.39 is 0 Å². The summed E-state index contributed by atoms with van der Waals surface area (Å²) in [6.07, 6.45) is 4.02. The van der Waals surface area contributed by atoms with Crippen LogP contribution in [0.4, 0.5) is 0 Å². The molecule has 1 unspecified atom stereocenters. The van der Waals surface area contributed by atoms with Gasteiger partial charge in [-0.2, -0.15) is 0 Å². The summed E-state index contributed by atoms with van der Waals surface area (Å²) in [6, 6.07) is 0.574. The predicted molar refractivity (Wildman–Crippen MR) is 57.9 cm³/mol. The molecule has 0 aliphatic carbocycles. The first-order chi connectivity index (χ1) is 6.18. The van der Waals surface area contributed by atoms with E-state index in [1.807, 2.05) is 19.1 Å². The molecule has 0 saturated carbocycles. The van der Waals surface area contributed by atoms with E-state index in [0.717, 1.165) is 19.8 Å². The minimum atomic E-state index is 0.574. The largest absolute Gasteiger partial charge is 0.376 e. The molecular formula is C11H23NO. The van der Waals surface area contributed by atoms with Gasteiger partial charge in [0.2, 0.25) is 0 Å². The molecule has 0 rings (SSSR count). The van der Waals surface area contributed by atoms with Crippen LogP contribution in [0.5, 0.6) is 0 Å². The van der Waals surface area contributed by atoms with Crippen molar-refractivity contribution in [1.29, 1.82) is 0 Å². The highest BCUT2D eigenvalue weighted by Gasteiger charge is 2.04. The van der Waals surface area contributed by atoms with E-state index in [9.17, 15) is 0 Å². The van der Waals surface area contributed by atoms with Crippen LogP contribution < -0.4 is 5.32 Å². The second-order valence-electron chi connectivity index (χ2n) is 3.63. The monoisotopic (exact) mass is 185 g/mol. The van der Waals surface area contributed by atoms with E-state index >= 15 is 0 Å². The zero-order chi connectivity index (χ0) is 10.1. The summed E-state index contributed by atoms with van der Waals surface area (Å²) >= 11 is 0. The highest BCUT2D eigenvalue weighted by atomic mass is 16.5. The summed E-state index contributed by atoms with van der Waals surface area (Å²) in [7, 11) is 0. The molecule has 0 spiro atoms. The molecule has 78 valence electrons. The van der Waals surface area contributed by atoms with E-state index in [4.69, 9.17) is 4.74 Å². The quantitative estimate of drug-likeness (QED) is 0.485. The first-order valence-corrected chi connectivity index (χ1v) is 5.10. The molecule has 0 aliphatic rings. The van der Waals surface area contributed by atoms with Crippen molar-refractivity contribution in [2.45, 2.75) is 33.7 Å². The van der Waals surface area contributed by atoms with E-state index in [-0.39, 0.29) is 0 Å². The number of allylic oxidation sites excluding steroid dienone is 1. The highest BCUT2D eigenvalue weighted by molar-refractivity contribution is 4.75. The van der Waals surface area contributed by atoms with Gasteiger partial charge in [0.25, 0.3) is 0 Å². The first-order valence-electron chi connectivity index (χ1n) is 5.10. The van der Waals surface area contributed by atoms with Crippen LogP contribution in [0.2, 0.25) is 0 Å². The Balaban J connectivity index is 3.16. The van der Waals surface area contributed by atoms with Gasteiger partial charge in [-0.15, -0.1) is 0 Å². The summed E-state index contributed by atoms with van der Waals surface area (Å²) in [4.78, 5) is 0. The van der Waals surface area contributed by atoms with Gasteiger partial charge in [-0.3, -0.25) is 0 Å². The van der Waals surface area contributed by atoms with Gasteiger partial charge in [-0.1, -0.05) is 26.0 Å². The third-order valence-electron chi connectivity index (χ3n) is 2.16. The summed E-state index contributed by atoms with van der Waals surface area (Å²) in [5, 5.41) is 3.41. The van der Waals surface area contributed by atoms with Crippen LogP contribution in [0.25, 0.3) is 0 Å². The Labute approximate surface area is 82.4 Å². The number of nitrogens with one attached hydrogen (secondary N) is 1. The molecule has 0 aromatic rings. The van der Waals surface area contributed by atoms with Crippen LogP contribution in [0.3, 0.4) is 0 Å². The van der Waals surface area contributed by atoms with Gasteiger partial charge in [0.1, 0.15) is 0 Å². The Hall–Kier alpha value is -0.340. The van der Waals surface area contributed by atoms with Gasteiger partial charge in [-0.25, -0.2) is 0 Å². The lowest BCUT2D eigenvalue weighted by atomic mass is 10.1. The summed E-state index contributed by atoms with van der Waals surface area (Å²) in [5.74, 6) is 0.690. The Morgan fingerprint density at radius 3 is 2.54 bits per heavy atom. The molecule has 0 aromatic carbocycles. The lowest BCUT2D eigenvalue weighted by Gasteiger charge is -2.16. The molecule has 0 fully saturated rings. The normalized spacial score (nSPS) is 14.2. The van der Waals surface area contributed by atoms with Crippen molar-refractivity contribution in [3.8, 4) is 0 Å². The van der Waals surface area contributed by atoms with Crippen LogP contribution in [-0.4, -0.2) is 25.8 Å². The zero-order valence-electron chi connectivity index (χ0n) is 9.34. The smallest absolute Gasteiger partial charge is 0.0647 e. The average Bonchev–Trinajstić information content (AvgIpc) is 2.10. The second kappa shape index (κ2) is 8.27. The first kappa shape index (κ1) is 12.7. The minimum absolute atomic E-state index is 0.574. The average molecular weight is 185 g/mol. The van der Waals surface area contributed by atoms with Crippen molar-refractivity contribution in [3.63, 3.8) is 0 Å². The van der Waals surface area contributed by atoms with Crippen molar-refractivity contribution in [3.05, 3.63) is 12.2 Å². The maximum atomic E-state index is 5.35. The molecule has 0 heterocycles. The van der Waals surface area contributed by atoms with Crippen LogP contribution >= 0.6 is 0 Å². The maximum Gasteiger partial charge on any atom is 0.0647 e. The standard InChI is InChI=1S/C11H23NO/c1-5-6-8-13-9-7-12-11(4)10(2)3/h5-6,10-12H,7-9H2,1-4H3. The number of hydrogen-bond donors (Lipinski definition) is 1. The van der Waals surface area contributed by atoms with Crippen molar-refractivity contribution >= 4 is 0 Å². The van der Waals surface area contributed by atoms with Crippen molar-refractivity contribution in [2.75, 3.05) is 19.8 Å². The lowest BCUT2D eigenvalue weighted by molar-refractivity contribution is 0.159.